The van der Waals surface area contributed by atoms with Crippen LogP contribution in [0.1, 0.15) is 155 Å². The van der Waals surface area contributed by atoms with Gasteiger partial charge in [-0.1, -0.05) is 149 Å². The molecule has 0 aromatic heterocycles. The lowest BCUT2D eigenvalue weighted by atomic mass is 9.73. The Labute approximate surface area is 492 Å². The van der Waals surface area contributed by atoms with Crippen LogP contribution in [-0.4, -0.2) is 56.8 Å². The summed E-state index contributed by atoms with van der Waals surface area (Å²) in [4.78, 5) is 48.7. The van der Waals surface area contributed by atoms with Gasteiger partial charge in [0, 0.05) is 84.4 Å². The molecule has 9 heteroatoms. The number of rotatable bonds is 18. The van der Waals surface area contributed by atoms with Crippen molar-refractivity contribution in [1.82, 2.24) is 0 Å². The van der Waals surface area contributed by atoms with Crippen LogP contribution < -0.4 is 25.3 Å². The van der Waals surface area contributed by atoms with E-state index in [0.717, 1.165) is 85.5 Å². The molecule has 9 nitrogen and oxygen atoms in total. The summed E-state index contributed by atoms with van der Waals surface area (Å²) in [6, 6.07) is 57.9. The van der Waals surface area contributed by atoms with Gasteiger partial charge < -0.3 is 30.1 Å². The molecule has 8 aromatic carbocycles. The minimum absolute atomic E-state index is 0.0916. The van der Waals surface area contributed by atoms with Crippen molar-refractivity contribution < 1.29 is 19.1 Å². The fourth-order valence-corrected chi connectivity index (χ4v) is 13.0. The number of nitrogens with zero attached hydrogens (tertiary/aromatic N) is 3. The molecule has 3 aliphatic rings. The summed E-state index contributed by atoms with van der Waals surface area (Å²) in [6.45, 7) is 23.3. The lowest BCUT2D eigenvalue weighted by molar-refractivity contribution is 0.000630. The molecule has 0 radical (unpaired) electrons. The summed E-state index contributed by atoms with van der Waals surface area (Å²) in [5.41, 5.74) is 18.4. The van der Waals surface area contributed by atoms with Gasteiger partial charge in [-0.3, -0.25) is 9.59 Å². The Morgan fingerprint density at radius 3 is 1.35 bits per heavy atom. The zero-order valence-electron chi connectivity index (χ0n) is 50.0. The van der Waals surface area contributed by atoms with Crippen molar-refractivity contribution in [3.05, 3.63) is 248 Å². The zero-order valence-corrected chi connectivity index (χ0v) is 50.0. The molecule has 11 rings (SSSR count). The van der Waals surface area contributed by atoms with Gasteiger partial charge in [-0.25, -0.2) is 4.79 Å². The number of aryl methyl sites for hydroxylation is 4. The molecule has 0 spiro atoms. The first-order valence-corrected chi connectivity index (χ1v) is 30.1. The molecule has 0 saturated carbocycles. The highest BCUT2D eigenvalue weighted by molar-refractivity contribution is 6.32. The summed E-state index contributed by atoms with van der Waals surface area (Å²) in [6.07, 6.45) is 5.71. The number of nitrogens with one attached hydrogen (secondary N) is 2. The Morgan fingerprint density at radius 1 is 0.506 bits per heavy atom. The number of hydrogen-bond acceptors (Lipinski definition) is 9. The predicted molar refractivity (Wildman–Crippen MR) is 344 cm³/mol. The monoisotopic (exact) mass is 1100 g/mol. The van der Waals surface area contributed by atoms with E-state index in [-0.39, 0.29) is 29.5 Å². The Bertz CT molecular complexity index is 3510. The number of para-hydroxylation sites is 3. The second kappa shape index (κ2) is 24.8. The molecule has 2 heterocycles. The highest BCUT2D eigenvalue weighted by Crippen LogP contribution is 2.56. The van der Waals surface area contributed by atoms with Crippen LogP contribution in [0.5, 0.6) is 0 Å². The average Bonchev–Trinajstić information content (AvgIpc) is 2.21. The average molecular weight is 1100 g/mol. The fourth-order valence-electron chi connectivity index (χ4n) is 13.0. The molecule has 0 saturated heterocycles. The van der Waals surface area contributed by atoms with Crippen LogP contribution in [0.3, 0.4) is 0 Å². The summed E-state index contributed by atoms with van der Waals surface area (Å²) in [5, 5.41) is 7.18. The molecule has 0 bridgehead atoms. The summed E-state index contributed by atoms with van der Waals surface area (Å²) in [5.74, 6) is -0.638. The zero-order chi connectivity index (χ0) is 58.5. The molecular formula is C74H79N5O4. The molecule has 83 heavy (non-hydrogen) atoms. The third-order valence-electron chi connectivity index (χ3n) is 17.6. The molecular weight excluding hydrogens is 1020 g/mol. The number of esters is 1. The number of benzene rings is 8. The third-order valence-corrected chi connectivity index (χ3v) is 17.6. The van der Waals surface area contributed by atoms with E-state index < -0.39 is 5.60 Å². The van der Waals surface area contributed by atoms with Crippen LogP contribution in [0.2, 0.25) is 0 Å². The summed E-state index contributed by atoms with van der Waals surface area (Å²) >= 11 is 0. The van der Waals surface area contributed by atoms with Gasteiger partial charge in [-0.05, 0) is 159 Å². The Hall–Kier alpha value is -8.69. The standard InChI is InChI=1S/C40H45N3O2.C34H34N2O2/c1-7-42(8-2)31-23-19-29(20-24-31)35(30-21-25-32(26-22-30)43(9-3)10-4)27-40(36-17-13-11-15-33(36)39(44)45-40)38-28(5)41(6)37-18-14-12-16-34(37)38;1-5-21-13-11-14-22(6-2)31(21)35-27-19-20-28(36-32-23(7-3)15-12-16-24(32)8-4)30-29(27)33(37)25-17-9-10-18-26(25)34(30)38/h11-28,38H,7-10H2,1-6H3;9-20,35-36H,5-8H2,1-4H3. The van der Waals surface area contributed by atoms with E-state index in [1.165, 1.54) is 44.9 Å². The van der Waals surface area contributed by atoms with Crippen LogP contribution in [-0.2, 0) is 36.0 Å². The summed E-state index contributed by atoms with van der Waals surface area (Å²) < 4.78 is 6.69. The number of carbonyl (C=O) groups is 3. The van der Waals surface area contributed by atoms with Gasteiger partial charge in [-0.2, -0.15) is 0 Å². The molecule has 2 aliphatic heterocycles. The largest absolute Gasteiger partial charge is 0.445 e. The number of likely N-dealkylation sites (N-methyl/N-ethyl adjacent to an activating group) is 1. The van der Waals surface area contributed by atoms with E-state index in [0.29, 0.717) is 39.2 Å². The van der Waals surface area contributed by atoms with Crippen molar-refractivity contribution in [2.24, 2.45) is 0 Å². The second-order valence-electron chi connectivity index (χ2n) is 21.8. The van der Waals surface area contributed by atoms with Gasteiger partial charge in [-0.15, -0.1) is 0 Å². The smallest absolute Gasteiger partial charge is 0.339 e. The number of fused-ring (bicyclic) bond motifs is 4. The van der Waals surface area contributed by atoms with Crippen molar-refractivity contribution in [3.8, 4) is 0 Å². The lowest BCUT2D eigenvalue weighted by Crippen LogP contribution is -2.40. The Morgan fingerprint density at radius 2 is 0.916 bits per heavy atom. The van der Waals surface area contributed by atoms with Crippen LogP contribution in [0.25, 0.3) is 5.57 Å². The molecule has 0 fully saturated rings. The van der Waals surface area contributed by atoms with E-state index in [1.54, 1.807) is 12.1 Å². The molecule has 3 unspecified atom stereocenters. The maximum Gasteiger partial charge on any atom is 0.339 e. The van der Waals surface area contributed by atoms with Gasteiger partial charge in [0.2, 0.25) is 0 Å². The van der Waals surface area contributed by atoms with Gasteiger partial charge in [0.05, 0.1) is 34.0 Å². The first-order valence-electron chi connectivity index (χ1n) is 30.1. The van der Waals surface area contributed by atoms with Gasteiger partial charge in [0.1, 0.15) is 0 Å². The number of hydrogen-bond donors (Lipinski definition) is 2. The minimum atomic E-state index is -1.00. The maximum absolute atomic E-state index is 14.0. The van der Waals surface area contributed by atoms with E-state index >= 15 is 0 Å². The second-order valence-corrected chi connectivity index (χ2v) is 21.8. The minimum Gasteiger partial charge on any atom is -0.445 e. The predicted octanol–water partition coefficient (Wildman–Crippen LogP) is 16.7. The first-order chi connectivity index (χ1) is 40.4. The Kier molecular flexibility index (Phi) is 17.2. The van der Waals surface area contributed by atoms with Gasteiger partial charge in [0.15, 0.2) is 17.2 Å². The third kappa shape index (κ3) is 10.6. The first kappa shape index (κ1) is 57.5. The van der Waals surface area contributed by atoms with Crippen LogP contribution >= 0.6 is 0 Å². The van der Waals surface area contributed by atoms with Crippen molar-refractivity contribution in [1.29, 1.82) is 0 Å². The van der Waals surface area contributed by atoms with E-state index in [2.05, 4.69) is 216 Å². The van der Waals surface area contributed by atoms with Crippen LogP contribution in [0.4, 0.5) is 39.8 Å². The number of ketones is 2. The van der Waals surface area contributed by atoms with Crippen molar-refractivity contribution in [2.45, 2.75) is 106 Å². The van der Waals surface area contributed by atoms with Crippen LogP contribution in [0, 0.1) is 0 Å². The van der Waals surface area contributed by atoms with Crippen molar-refractivity contribution >= 4 is 62.9 Å². The highest BCUT2D eigenvalue weighted by Gasteiger charge is 2.56. The quantitative estimate of drug-likeness (QED) is 0.0815. The molecule has 2 N–H and O–H groups in total. The number of anilines is 7. The van der Waals surface area contributed by atoms with Gasteiger partial charge >= 0.3 is 5.97 Å². The number of cyclic esters (lactones) is 1. The van der Waals surface area contributed by atoms with Crippen molar-refractivity contribution in [2.75, 3.05) is 58.6 Å². The molecule has 1 aliphatic carbocycles. The van der Waals surface area contributed by atoms with E-state index in [1.807, 2.05) is 42.5 Å². The topological polar surface area (TPSA) is 94.2 Å². The van der Waals surface area contributed by atoms with Crippen LogP contribution in [0.15, 0.2) is 176 Å². The fraction of sp³-hybridized carbons (Fsp3) is 0.284. The molecule has 8 aromatic rings. The molecule has 424 valence electrons. The number of ether oxygens (including phenoxy) is 1. The maximum atomic E-state index is 14.0. The highest BCUT2D eigenvalue weighted by atomic mass is 16.6. The van der Waals surface area contributed by atoms with E-state index in [4.69, 9.17) is 4.74 Å². The van der Waals surface area contributed by atoms with E-state index in [9.17, 15) is 14.4 Å². The normalized spacial score (nSPS) is 16.4. The van der Waals surface area contributed by atoms with Crippen molar-refractivity contribution in [3.63, 3.8) is 0 Å². The van der Waals surface area contributed by atoms with Gasteiger partial charge in [0.25, 0.3) is 0 Å². The number of carbonyl (C=O) groups excluding carboxylic acids is 3. The lowest BCUT2D eigenvalue weighted by Gasteiger charge is -2.37. The molecule has 0 amide bonds. The summed E-state index contributed by atoms with van der Waals surface area (Å²) in [7, 11) is 2.14. The molecule has 3 atom stereocenters. The Balaban J connectivity index is 0.000000188. The SMILES string of the molecule is CCN(CC)c1ccc(C(=CC2(C3c4ccccc4N(C)C3C)OC(=O)c3ccccc32)c2ccc(N(CC)CC)cc2)cc1.CCc1cccc(CC)c1Nc1ccc(Nc2c(CC)cccc2CC)c2c1C(=O)c1ccccc1C2=O.